The van der Waals surface area contributed by atoms with Crippen LogP contribution >= 0.6 is 47.1 Å². The highest BCUT2D eigenvalue weighted by Crippen LogP contribution is 2.44. The first-order valence-corrected chi connectivity index (χ1v) is 24.2. The Morgan fingerprint density at radius 2 is 1.60 bits per heavy atom. The number of ether oxygens (including phenoxy) is 1. The fraction of sp³-hybridized carbons (Fsp3) is 0.404. The van der Waals surface area contributed by atoms with Gasteiger partial charge in [0.1, 0.15) is 0 Å². The Balaban J connectivity index is 0.946. The molecule has 2 saturated heterocycles. The van der Waals surface area contributed by atoms with Crippen LogP contribution in [0.5, 0.6) is 0 Å². The molecular weight excluding hydrogens is 887 g/mol. The summed E-state index contributed by atoms with van der Waals surface area (Å²) < 4.78 is 50.0. The molecule has 0 bridgehead atoms. The number of allylic oxidation sites excluding steroid dienone is 1. The summed E-state index contributed by atoms with van der Waals surface area (Å²) in [4.78, 5) is 34.1. The number of carbonyl (C=O) groups is 2. The van der Waals surface area contributed by atoms with Crippen molar-refractivity contribution in [2.75, 3.05) is 81.5 Å². The van der Waals surface area contributed by atoms with Crippen molar-refractivity contribution >= 4 is 75.9 Å². The maximum atomic E-state index is 13.9. The van der Waals surface area contributed by atoms with Crippen LogP contribution < -0.4 is 14.9 Å². The maximum Gasteiger partial charge on any atom is 0.446 e. The lowest BCUT2D eigenvalue weighted by atomic mass is 9.71. The highest BCUT2D eigenvalue weighted by molar-refractivity contribution is 8.00. The quantitative estimate of drug-likeness (QED) is 0.0698. The molecule has 9 nitrogen and oxygen atoms in total. The van der Waals surface area contributed by atoms with Gasteiger partial charge in [0, 0.05) is 101 Å². The van der Waals surface area contributed by atoms with Crippen LogP contribution in [0.2, 0.25) is 5.02 Å². The number of hydrogen-bond acceptors (Lipinski definition) is 10. The van der Waals surface area contributed by atoms with Crippen molar-refractivity contribution in [1.29, 1.82) is 0 Å². The molecule has 2 atom stereocenters. The smallest absolute Gasteiger partial charge is 0.446 e. The monoisotopic (exact) mass is 939 g/mol. The van der Waals surface area contributed by atoms with Crippen molar-refractivity contribution in [2.45, 2.75) is 58.8 Å². The Bertz CT molecular complexity index is 2190. The number of benzene rings is 4. The zero-order chi connectivity index (χ0) is 44.4. The Kier molecular flexibility index (Phi) is 16.4. The summed E-state index contributed by atoms with van der Waals surface area (Å²) in [5.41, 5.74) is -0.0127. The fourth-order valence-corrected chi connectivity index (χ4v) is 10.7. The third-order valence-corrected chi connectivity index (χ3v) is 14.8. The summed E-state index contributed by atoms with van der Waals surface area (Å²) in [6, 6.07) is 29.9. The van der Waals surface area contributed by atoms with E-state index in [-0.39, 0.29) is 28.6 Å². The Hall–Kier alpha value is -3.83. The zero-order valence-electron chi connectivity index (χ0n) is 35.2. The van der Waals surface area contributed by atoms with Gasteiger partial charge in [-0.2, -0.15) is 13.2 Å². The number of halogens is 4. The maximum absolute atomic E-state index is 13.9. The first kappa shape index (κ1) is 47.1. The third-order valence-electron chi connectivity index (χ3n) is 11.8. The van der Waals surface area contributed by atoms with Gasteiger partial charge in [0.05, 0.1) is 18.6 Å². The second kappa shape index (κ2) is 21.9. The molecule has 1 aliphatic carbocycles. The number of thioether (sulfide) groups is 2. The second-order valence-corrected chi connectivity index (χ2v) is 19.9. The van der Waals surface area contributed by atoms with Gasteiger partial charge in [-0.15, -0.1) is 11.8 Å². The van der Waals surface area contributed by atoms with E-state index in [2.05, 4.69) is 24.7 Å². The third kappa shape index (κ3) is 13.6. The highest BCUT2D eigenvalue weighted by Gasteiger charge is 2.39. The van der Waals surface area contributed by atoms with E-state index in [1.807, 2.05) is 73.7 Å². The molecule has 2 fully saturated rings. The van der Waals surface area contributed by atoms with Gasteiger partial charge >= 0.3 is 11.5 Å². The highest BCUT2D eigenvalue weighted by atomic mass is 35.5. The van der Waals surface area contributed by atoms with Crippen LogP contribution in [0.4, 0.5) is 24.5 Å². The number of carbonyl (C=O) groups excluding carboxylic acids is 1. The number of rotatable bonds is 17. The molecule has 63 heavy (non-hydrogen) atoms. The van der Waals surface area contributed by atoms with E-state index in [0.717, 1.165) is 85.9 Å². The van der Waals surface area contributed by atoms with E-state index in [1.165, 1.54) is 11.6 Å². The molecule has 336 valence electrons. The molecule has 2 aliphatic heterocycles. The second-order valence-electron chi connectivity index (χ2n) is 16.4. The van der Waals surface area contributed by atoms with Crippen LogP contribution in [-0.2, 0) is 9.53 Å². The normalized spacial score (nSPS) is 19.5. The Morgan fingerprint density at radius 3 is 2.29 bits per heavy atom. The van der Waals surface area contributed by atoms with E-state index < -0.39 is 16.9 Å². The molecule has 4 aromatic carbocycles. The molecule has 0 radical (unpaired) electrons. The van der Waals surface area contributed by atoms with Crippen LogP contribution in [0.1, 0.15) is 48.5 Å². The molecule has 2 unspecified atom stereocenters. The minimum Gasteiger partial charge on any atom is -0.481 e. The van der Waals surface area contributed by atoms with Crippen LogP contribution in [0.25, 0.3) is 5.57 Å². The predicted octanol–water partition coefficient (Wildman–Crippen LogP) is 10.5. The molecule has 1 amide bonds. The summed E-state index contributed by atoms with van der Waals surface area (Å²) in [6.45, 7) is 9.49. The predicted molar refractivity (Wildman–Crippen MR) is 251 cm³/mol. The van der Waals surface area contributed by atoms with E-state index in [9.17, 15) is 27.9 Å². The van der Waals surface area contributed by atoms with Crippen LogP contribution in [0.15, 0.2) is 117 Å². The Labute approximate surface area is 385 Å². The number of amides is 1. The largest absolute Gasteiger partial charge is 0.481 e. The number of alkyl halides is 3. The van der Waals surface area contributed by atoms with E-state index in [1.54, 1.807) is 36.0 Å². The van der Waals surface area contributed by atoms with E-state index in [4.69, 9.17) is 16.3 Å². The number of piperazine rings is 1. The molecule has 0 aromatic heterocycles. The summed E-state index contributed by atoms with van der Waals surface area (Å²) in [5.74, 6) is -0.441. The molecule has 4 aromatic rings. The number of nitrogens with zero attached hydrogens (tertiary/aromatic N) is 3. The lowest BCUT2D eigenvalue weighted by Crippen LogP contribution is -2.47. The summed E-state index contributed by atoms with van der Waals surface area (Å²) in [5, 5.41) is 14.2. The molecular formula is C47H53ClF3N5O4S3. The number of aliphatic carboxylic acids is 1. The van der Waals surface area contributed by atoms with Crippen molar-refractivity contribution in [3.05, 3.63) is 119 Å². The molecule has 3 N–H and O–H groups in total. The van der Waals surface area contributed by atoms with Crippen molar-refractivity contribution in [1.82, 2.24) is 14.5 Å². The summed E-state index contributed by atoms with van der Waals surface area (Å²) in [7, 11) is 0. The summed E-state index contributed by atoms with van der Waals surface area (Å²) >= 11 is 8.67. The summed E-state index contributed by atoms with van der Waals surface area (Å²) in [6.07, 6.45) is 2.54. The molecule has 16 heteroatoms. The molecule has 7 rings (SSSR count). The van der Waals surface area contributed by atoms with Gasteiger partial charge in [-0.1, -0.05) is 47.5 Å². The first-order valence-electron chi connectivity index (χ1n) is 21.2. The van der Waals surface area contributed by atoms with Gasteiger partial charge < -0.3 is 20.1 Å². The van der Waals surface area contributed by atoms with Gasteiger partial charge in [-0.3, -0.25) is 24.1 Å². The number of anilines is 2. The first-order chi connectivity index (χ1) is 30.3. The Morgan fingerprint density at radius 1 is 0.889 bits per heavy atom. The average Bonchev–Trinajstić information content (AvgIpc) is 3.28. The van der Waals surface area contributed by atoms with Crippen LogP contribution in [0.3, 0.4) is 0 Å². The van der Waals surface area contributed by atoms with E-state index >= 15 is 0 Å². The number of nitrogens with one attached hydrogen (secondary N) is 2. The number of hydrogen-bond donors (Lipinski definition) is 3. The number of morpholine rings is 1. The standard InChI is InChI=1S/C47H53ClF3N5O4S3/c1-46(45(58)59)19-17-41(33-7-11-36(48)12-8-33)35(30-46)31-55-21-23-56(24-22-55)38-13-9-34(10-14-38)44(57)53-63-40-15-16-42(43(29-40)62-47(49,50)51)52-37(18-20-54-25-27-60-28-26-54)32-61-39-5-3-2-4-6-39/h2-16,29,37,52H,17-28,30-32H2,1H3,(H,53,57)(H,58,59). The van der Waals surface area contributed by atoms with Gasteiger partial charge in [0.15, 0.2) is 0 Å². The number of carboxylic acid groups (broad SMARTS) is 1. The lowest BCUT2D eigenvalue weighted by molar-refractivity contribution is -0.148. The van der Waals surface area contributed by atoms with Crippen molar-refractivity contribution in [2.24, 2.45) is 5.41 Å². The van der Waals surface area contributed by atoms with Gasteiger partial charge in [-0.05, 0) is 134 Å². The van der Waals surface area contributed by atoms with Gasteiger partial charge in [0.2, 0.25) is 0 Å². The van der Waals surface area contributed by atoms with Crippen molar-refractivity contribution in [3.8, 4) is 0 Å². The number of carboxylic acids is 1. The molecule has 0 saturated carbocycles. The average molecular weight is 941 g/mol. The van der Waals surface area contributed by atoms with E-state index in [0.29, 0.717) is 65.9 Å². The van der Waals surface area contributed by atoms with Crippen molar-refractivity contribution < 1.29 is 32.6 Å². The van der Waals surface area contributed by atoms with Crippen LogP contribution in [-0.4, -0.2) is 110 Å². The molecule has 0 spiro atoms. The van der Waals surface area contributed by atoms with Crippen LogP contribution in [0, 0.1) is 5.41 Å². The topological polar surface area (TPSA) is 97.4 Å². The minimum absolute atomic E-state index is 0.0449. The minimum atomic E-state index is -4.50. The van der Waals surface area contributed by atoms with Gasteiger partial charge in [0.25, 0.3) is 5.91 Å². The molecule has 3 aliphatic rings. The zero-order valence-corrected chi connectivity index (χ0v) is 38.4. The fourth-order valence-electron chi connectivity index (χ4n) is 8.19. The van der Waals surface area contributed by atoms with Gasteiger partial charge in [-0.25, -0.2) is 0 Å². The lowest BCUT2D eigenvalue weighted by Gasteiger charge is -2.39. The molecule has 2 heterocycles. The SMILES string of the molecule is CC1(C(=O)O)CCC(c2ccc(Cl)cc2)=C(CN2CCN(c3ccc(C(=O)NSc4ccc(NC(CCN5CCOCC5)CSc5ccccc5)c(SC(F)(F)F)c4)cc3)CC2)C1. The van der Waals surface area contributed by atoms with Crippen molar-refractivity contribution in [3.63, 3.8) is 0 Å².